The zero-order chi connectivity index (χ0) is 24.9. The van der Waals surface area contributed by atoms with Crippen LogP contribution in [-0.2, 0) is 35.3 Å². The second kappa shape index (κ2) is 14.0. The number of nitrogens with two attached hydrogens (primary N) is 2. The molecule has 0 aliphatic carbocycles. The van der Waals surface area contributed by atoms with Crippen LogP contribution in [0.1, 0.15) is 35.2 Å². The fraction of sp³-hybridized carbons (Fsp3) is 0.370. The second-order valence-corrected chi connectivity index (χ2v) is 8.74. The van der Waals surface area contributed by atoms with Gasteiger partial charge in [-0.2, -0.15) is 0 Å². The molecule has 8 heteroatoms. The van der Waals surface area contributed by atoms with Crippen molar-refractivity contribution in [1.29, 1.82) is 0 Å². The molecular formula is C27H36N6O2. The molecule has 2 aromatic carbocycles. The summed E-state index contributed by atoms with van der Waals surface area (Å²) in [5, 5.41) is 5.81. The van der Waals surface area contributed by atoms with Gasteiger partial charge in [0, 0.05) is 31.3 Å². The van der Waals surface area contributed by atoms with Gasteiger partial charge in [0.1, 0.15) is 6.04 Å². The number of benzene rings is 2. The average molecular weight is 477 g/mol. The number of aromatic nitrogens is 2. The summed E-state index contributed by atoms with van der Waals surface area (Å²) in [6.45, 7) is 1.20. The minimum atomic E-state index is -0.787. The molecule has 0 aliphatic heterocycles. The number of amides is 2. The molecule has 0 unspecified atom stereocenters. The molecule has 0 radical (unpaired) electrons. The maximum absolute atomic E-state index is 13.0. The fourth-order valence-electron chi connectivity index (χ4n) is 3.86. The van der Waals surface area contributed by atoms with Crippen molar-refractivity contribution >= 4 is 11.8 Å². The van der Waals surface area contributed by atoms with Crippen molar-refractivity contribution in [2.24, 2.45) is 11.5 Å². The zero-order valence-corrected chi connectivity index (χ0v) is 20.1. The van der Waals surface area contributed by atoms with E-state index in [9.17, 15) is 9.59 Å². The highest BCUT2D eigenvalue weighted by Gasteiger charge is 2.24. The van der Waals surface area contributed by atoms with Gasteiger partial charge < -0.3 is 27.1 Å². The summed E-state index contributed by atoms with van der Waals surface area (Å²) in [7, 11) is 0. The minimum absolute atomic E-state index is 0.227. The van der Waals surface area contributed by atoms with Crippen LogP contribution in [0.15, 0.2) is 67.1 Å². The summed E-state index contributed by atoms with van der Waals surface area (Å²) in [6.07, 6.45) is 7.72. The van der Waals surface area contributed by atoms with Crippen molar-refractivity contribution in [2.45, 2.75) is 50.6 Å². The highest BCUT2D eigenvalue weighted by molar-refractivity contribution is 5.90. The number of carbonyl (C=O) groups is 2. The van der Waals surface area contributed by atoms with Crippen molar-refractivity contribution in [3.05, 3.63) is 89.5 Å². The van der Waals surface area contributed by atoms with Gasteiger partial charge in [-0.05, 0) is 48.9 Å². The van der Waals surface area contributed by atoms with Gasteiger partial charge in [-0.15, -0.1) is 0 Å². The van der Waals surface area contributed by atoms with E-state index < -0.39 is 12.1 Å². The Morgan fingerprint density at radius 1 is 0.886 bits per heavy atom. The Kier molecular flexibility index (Phi) is 10.5. The SMILES string of the molecule is NCCCCc1ccc(CCNC(=O)[C@H](Cc2ccccc2)NC(=O)[C@@H](N)Cc2cnc[nH]2)cc1. The summed E-state index contributed by atoms with van der Waals surface area (Å²) < 4.78 is 0. The predicted octanol–water partition coefficient (Wildman–Crippen LogP) is 1.65. The fourth-order valence-corrected chi connectivity index (χ4v) is 3.86. The number of carbonyl (C=O) groups excluding carboxylic acids is 2. The quantitative estimate of drug-likeness (QED) is 0.225. The normalized spacial score (nSPS) is 12.6. The molecule has 0 bridgehead atoms. The lowest BCUT2D eigenvalue weighted by Gasteiger charge is -2.21. The lowest BCUT2D eigenvalue weighted by molar-refractivity contribution is -0.129. The number of nitrogens with one attached hydrogen (secondary N) is 3. The third-order valence-electron chi connectivity index (χ3n) is 5.90. The lowest BCUT2D eigenvalue weighted by Crippen LogP contribution is -2.53. The van der Waals surface area contributed by atoms with Crippen LogP contribution in [0.2, 0.25) is 0 Å². The van der Waals surface area contributed by atoms with Gasteiger partial charge >= 0.3 is 0 Å². The van der Waals surface area contributed by atoms with Crippen LogP contribution in [0.3, 0.4) is 0 Å². The smallest absolute Gasteiger partial charge is 0.242 e. The Labute approximate surface area is 206 Å². The number of hydrogen-bond acceptors (Lipinski definition) is 5. The molecule has 1 heterocycles. The first-order valence-electron chi connectivity index (χ1n) is 12.2. The number of rotatable bonds is 14. The second-order valence-electron chi connectivity index (χ2n) is 8.74. The summed E-state index contributed by atoms with van der Waals surface area (Å²) >= 11 is 0. The van der Waals surface area contributed by atoms with Crippen molar-refractivity contribution in [3.63, 3.8) is 0 Å². The number of H-pyrrole nitrogens is 1. The van der Waals surface area contributed by atoms with Crippen LogP contribution in [0.25, 0.3) is 0 Å². The summed E-state index contributed by atoms with van der Waals surface area (Å²) in [4.78, 5) is 32.7. The maximum atomic E-state index is 13.0. The molecule has 1 aromatic heterocycles. The van der Waals surface area contributed by atoms with E-state index in [0.29, 0.717) is 25.8 Å². The van der Waals surface area contributed by atoms with Crippen LogP contribution < -0.4 is 22.1 Å². The molecule has 0 saturated carbocycles. The molecule has 0 saturated heterocycles. The maximum Gasteiger partial charge on any atom is 0.242 e. The first-order valence-corrected chi connectivity index (χ1v) is 12.2. The molecular weight excluding hydrogens is 440 g/mol. The Morgan fingerprint density at radius 2 is 1.60 bits per heavy atom. The highest BCUT2D eigenvalue weighted by atomic mass is 16.2. The topological polar surface area (TPSA) is 139 Å². The number of aromatic amines is 1. The molecule has 3 rings (SSSR count). The standard InChI is InChI=1S/C27H36N6O2/c28-14-5-4-6-20-9-11-21(12-10-20)13-15-31-27(35)25(16-22-7-2-1-3-8-22)33-26(34)24(29)17-23-18-30-19-32-23/h1-3,7-12,18-19,24-25H,4-6,13-17,28-29H2,(H,30,32)(H,31,35)(H,33,34)/t24-,25-/m0/s1. The molecule has 35 heavy (non-hydrogen) atoms. The van der Waals surface area contributed by atoms with E-state index in [4.69, 9.17) is 11.5 Å². The van der Waals surface area contributed by atoms with E-state index >= 15 is 0 Å². The van der Waals surface area contributed by atoms with Gasteiger partial charge in [0.2, 0.25) is 11.8 Å². The van der Waals surface area contributed by atoms with Gasteiger partial charge in [0.25, 0.3) is 0 Å². The molecule has 2 amide bonds. The van der Waals surface area contributed by atoms with Gasteiger partial charge in [0.15, 0.2) is 0 Å². The number of nitrogens with zero attached hydrogens (tertiary/aromatic N) is 1. The molecule has 3 aromatic rings. The van der Waals surface area contributed by atoms with Gasteiger partial charge in [-0.25, -0.2) is 4.98 Å². The van der Waals surface area contributed by atoms with Gasteiger partial charge in [-0.3, -0.25) is 9.59 Å². The van der Waals surface area contributed by atoms with E-state index in [1.165, 1.54) is 5.56 Å². The summed E-state index contributed by atoms with van der Waals surface area (Å²) in [6, 6.07) is 16.6. The molecule has 186 valence electrons. The number of imidazole rings is 1. The van der Waals surface area contributed by atoms with Crippen molar-refractivity contribution in [1.82, 2.24) is 20.6 Å². The summed E-state index contributed by atoms with van der Waals surface area (Å²) in [5.74, 6) is -0.602. The van der Waals surface area contributed by atoms with Crippen LogP contribution in [-0.4, -0.2) is 47.0 Å². The van der Waals surface area contributed by atoms with Crippen molar-refractivity contribution in [2.75, 3.05) is 13.1 Å². The van der Waals surface area contributed by atoms with Gasteiger partial charge in [-0.1, -0.05) is 54.6 Å². The van der Waals surface area contributed by atoms with E-state index in [-0.39, 0.29) is 11.8 Å². The first kappa shape index (κ1) is 26.1. The first-order chi connectivity index (χ1) is 17.0. The van der Waals surface area contributed by atoms with E-state index in [1.54, 1.807) is 12.5 Å². The lowest BCUT2D eigenvalue weighted by atomic mass is 10.0. The Balaban J connectivity index is 1.54. The van der Waals surface area contributed by atoms with Crippen LogP contribution >= 0.6 is 0 Å². The van der Waals surface area contributed by atoms with Crippen LogP contribution in [0.4, 0.5) is 0 Å². The predicted molar refractivity (Wildman–Crippen MR) is 137 cm³/mol. The molecule has 0 fully saturated rings. The van der Waals surface area contributed by atoms with Crippen LogP contribution in [0.5, 0.6) is 0 Å². The highest BCUT2D eigenvalue weighted by Crippen LogP contribution is 2.09. The number of aryl methyl sites for hydroxylation is 1. The molecule has 8 nitrogen and oxygen atoms in total. The molecule has 2 atom stereocenters. The van der Waals surface area contributed by atoms with E-state index in [0.717, 1.165) is 42.6 Å². The Morgan fingerprint density at radius 3 is 2.26 bits per heavy atom. The average Bonchev–Trinajstić information content (AvgIpc) is 3.38. The number of unbranched alkanes of at least 4 members (excludes halogenated alkanes) is 1. The monoisotopic (exact) mass is 476 g/mol. The Bertz CT molecular complexity index is 1020. The van der Waals surface area contributed by atoms with Crippen molar-refractivity contribution < 1.29 is 9.59 Å². The largest absolute Gasteiger partial charge is 0.354 e. The van der Waals surface area contributed by atoms with E-state index in [1.807, 2.05) is 30.3 Å². The minimum Gasteiger partial charge on any atom is -0.354 e. The third-order valence-corrected chi connectivity index (χ3v) is 5.90. The summed E-state index contributed by atoms with van der Waals surface area (Å²) in [5.41, 5.74) is 15.8. The van der Waals surface area contributed by atoms with E-state index in [2.05, 4.69) is 44.9 Å². The molecule has 0 spiro atoms. The third kappa shape index (κ3) is 8.99. The Hall–Kier alpha value is -3.49. The zero-order valence-electron chi connectivity index (χ0n) is 20.1. The van der Waals surface area contributed by atoms with Crippen molar-refractivity contribution in [3.8, 4) is 0 Å². The number of hydrogen-bond donors (Lipinski definition) is 5. The van der Waals surface area contributed by atoms with Crippen LogP contribution in [0, 0.1) is 0 Å². The molecule has 7 N–H and O–H groups in total. The molecule has 0 aliphatic rings. The van der Waals surface area contributed by atoms with Gasteiger partial charge in [0.05, 0.1) is 12.4 Å².